The summed E-state index contributed by atoms with van der Waals surface area (Å²) in [4.78, 5) is 0. The van der Waals surface area contributed by atoms with Crippen molar-refractivity contribution in [2.45, 2.75) is 52.0 Å². The molecular weight excluding hydrogens is 296 g/mol. The van der Waals surface area contributed by atoms with Crippen molar-refractivity contribution in [3.63, 3.8) is 0 Å². The van der Waals surface area contributed by atoms with Gasteiger partial charge < -0.3 is 5.73 Å². The third-order valence-corrected chi connectivity index (χ3v) is 6.01. The standard InChI is InChI=1S/C17H28N2O2S/c1-13(2)17(15-10-6-7-11-16(15)18)19-22(20,21)12-14-8-4-3-5-9-14/h6-7,10-11,13-14,17,19H,3-5,8-9,12,18H2,1-2H3/t17-/m0/s1. The van der Waals surface area contributed by atoms with Crippen LogP contribution in [-0.4, -0.2) is 14.2 Å². The van der Waals surface area contributed by atoms with E-state index in [1.807, 2.05) is 38.1 Å². The van der Waals surface area contributed by atoms with E-state index in [2.05, 4.69) is 4.72 Å². The predicted molar refractivity (Wildman–Crippen MR) is 91.9 cm³/mol. The van der Waals surface area contributed by atoms with Crippen molar-refractivity contribution in [2.24, 2.45) is 11.8 Å². The SMILES string of the molecule is CC(C)[C@H](NS(=O)(=O)CC1CCCCC1)c1ccccc1N. The fourth-order valence-electron chi connectivity index (χ4n) is 3.26. The van der Waals surface area contributed by atoms with Crippen molar-refractivity contribution in [2.75, 3.05) is 11.5 Å². The molecule has 1 fully saturated rings. The van der Waals surface area contributed by atoms with Crippen LogP contribution in [0, 0.1) is 11.8 Å². The van der Waals surface area contributed by atoms with Crippen LogP contribution < -0.4 is 10.5 Å². The van der Waals surface area contributed by atoms with Gasteiger partial charge in [0.15, 0.2) is 0 Å². The molecule has 1 saturated carbocycles. The molecule has 4 nitrogen and oxygen atoms in total. The molecule has 1 atom stereocenters. The number of benzene rings is 1. The fourth-order valence-corrected chi connectivity index (χ4v) is 5.09. The summed E-state index contributed by atoms with van der Waals surface area (Å²) in [6.45, 7) is 4.03. The van der Waals surface area contributed by atoms with E-state index >= 15 is 0 Å². The maximum absolute atomic E-state index is 12.5. The van der Waals surface area contributed by atoms with Crippen LogP contribution in [0.15, 0.2) is 24.3 Å². The second-order valence-electron chi connectivity index (χ2n) is 6.75. The lowest BCUT2D eigenvalue weighted by Crippen LogP contribution is -2.36. The van der Waals surface area contributed by atoms with Gasteiger partial charge in [-0.15, -0.1) is 0 Å². The number of sulfonamides is 1. The summed E-state index contributed by atoms with van der Waals surface area (Å²) in [6.07, 6.45) is 5.60. The molecule has 0 bridgehead atoms. The Morgan fingerprint density at radius 2 is 1.82 bits per heavy atom. The smallest absolute Gasteiger partial charge is 0.212 e. The molecule has 22 heavy (non-hydrogen) atoms. The van der Waals surface area contributed by atoms with Gasteiger partial charge in [0.1, 0.15) is 0 Å². The first kappa shape index (κ1) is 17.3. The molecule has 0 heterocycles. The fraction of sp³-hybridized carbons (Fsp3) is 0.647. The molecule has 0 aromatic heterocycles. The molecule has 0 amide bonds. The second-order valence-corrected chi connectivity index (χ2v) is 8.55. The van der Waals surface area contributed by atoms with E-state index in [0.29, 0.717) is 11.6 Å². The first-order chi connectivity index (χ1) is 10.4. The first-order valence-corrected chi connectivity index (χ1v) is 9.88. The summed E-state index contributed by atoms with van der Waals surface area (Å²) in [5.41, 5.74) is 7.53. The Balaban J connectivity index is 2.11. The molecule has 1 aliphatic carbocycles. The minimum Gasteiger partial charge on any atom is -0.398 e. The quantitative estimate of drug-likeness (QED) is 0.787. The van der Waals surface area contributed by atoms with Crippen LogP contribution in [0.3, 0.4) is 0 Å². The number of hydrogen-bond acceptors (Lipinski definition) is 3. The molecule has 1 aromatic carbocycles. The third-order valence-electron chi connectivity index (χ3n) is 4.48. The van der Waals surface area contributed by atoms with Crippen LogP contribution >= 0.6 is 0 Å². The van der Waals surface area contributed by atoms with Gasteiger partial charge in [0.2, 0.25) is 10.0 Å². The van der Waals surface area contributed by atoms with E-state index < -0.39 is 10.0 Å². The first-order valence-electron chi connectivity index (χ1n) is 8.23. The molecule has 0 aliphatic heterocycles. The normalized spacial score (nSPS) is 18.5. The number of rotatable bonds is 6. The number of para-hydroxylation sites is 1. The number of nitrogen functional groups attached to an aromatic ring is 1. The molecule has 2 rings (SSSR count). The van der Waals surface area contributed by atoms with Crippen LogP contribution in [0.25, 0.3) is 0 Å². The van der Waals surface area contributed by atoms with Crippen LogP contribution in [-0.2, 0) is 10.0 Å². The van der Waals surface area contributed by atoms with Crippen molar-refractivity contribution in [1.29, 1.82) is 0 Å². The molecule has 1 aliphatic rings. The topological polar surface area (TPSA) is 72.2 Å². The van der Waals surface area contributed by atoms with Gasteiger partial charge in [-0.3, -0.25) is 0 Å². The van der Waals surface area contributed by atoms with E-state index in [4.69, 9.17) is 5.73 Å². The minimum absolute atomic E-state index is 0.144. The van der Waals surface area contributed by atoms with Crippen molar-refractivity contribution >= 4 is 15.7 Å². The second kappa shape index (κ2) is 7.47. The van der Waals surface area contributed by atoms with Crippen molar-refractivity contribution < 1.29 is 8.42 Å². The predicted octanol–water partition coefficient (Wildman–Crippen LogP) is 3.47. The molecule has 0 saturated heterocycles. The van der Waals surface area contributed by atoms with Crippen LogP contribution in [0.4, 0.5) is 5.69 Å². The zero-order chi connectivity index (χ0) is 16.2. The summed E-state index contributed by atoms with van der Waals surface area (Å²) < 4.78 is 28.0. The van der Waals surface area contributed by atoms with Gasteiger partial charge in [0, 0.05) is 5.69 Å². The molecule has 0 radical (unpaired) electrons. The highest BCUT2D eigenvalue weighted by molar-refractivity contribution is 7.89. The monoisotopic (exact) mass is 324 g/mol. The van der Waals surface area contributed by atoms with Gasteiger partial charge in [-0.05, 0) is 36.3 Å². The molecule has 124 valence electrons. The van der Waals surface area contributed by atoms with E-state index in [9.17, 15) is 8.42 Å². The highest BCUT2D eigenvalue weighted by Gasteiger charge is 2.27. The molecule has 1 aromatic rings. The summed E-state index contributed by atoms with van der Waals surface area (Å²) in [5, 5.41) is 0. The Hall–Kier alpha value is -1.07. The molecule has 5 heteroatoms. The maximum atomic E-state index is 12.5. The number of nitrogens with two attached hydrogens (primary N) is 1. The Morgan fingerprint density at radius 3 is 2.41 bits per heavy atom. The van der Waals surface area contributed by atoms with Gasteiger partial charge in [-0.2, -0.15) is 0 Å². The third kappa shape index (κ3) is 4.71. The van der Waals surface area contributed by atoms with Gasteiger partial charge in [0.05, 0.1) is 11.8 Å². The zero-order valence-electron chi connectivity index (χ0n) is 13.6. The van der Waals surface area contributed by atoms with Gasteiger partial charge in [0.25, 0.3) is 0 Å². The van der Waals surface area contributed by atoms with Gasteiger partial charge in [-0.1, -0.05) is 51.3 Å². The average molecular weight is 324 g/mol. The minimum atomic E-state index is -3.30. The zero-order valence-corrected chi connectivity index (χ0v) is 14.4. The largest absolute Gasteiger partial charge is 0.398 e. The van der Waals surface area contributed by atoms with Crippen molar-refractivity contribution in [3.8, 4) is 0 Å². The van der Waals surface area contributed by atoms with Gasteiger partial charge >= 0.3 is 0 Å². The van der Waals surface area contributed by atoms with Crippen LogP contribution in [0.2, 0.25) is 0 Å². The van der Waals surface area contributed by atoms with Crippen LogP contribution in [0.5, 0.6) is 0 Å². The lowest BCUT2D eigenvalue weighted by Gasteiger charge is -2.26. The number of anilines is 1. The molecule has 0 spiro atoms. The lowest BCUT2D eigenvalue weighted by atomic mass is 9.91. The lowest BCUT2D eigenvalue weighted by molar-refractivity contribution is 0.381. The average Bonchev–Trinajstić information content (AvgIpc) is 2.46. The Kier molecular flexibility index (Phi) is 5.87. The van der Waals surface area contributed by atoms with E-state index in [1.54, 1.807) is 0 Å². The summed E-state index contributed by atoms with van der Waals surface area (Å²) in [5.74, 6) is 0.682. The summed E-state index contributed by atoms with van der Waals surface area (Å²) in [7, 11) is -3.30. The number of hydrogen-bond donors (Lipinski definition) is 2. The molecule has 0 unspecified atom stereocenters. The van der Waals surface area contributed by atoms with E-state index in [0.717, 1.165) is 31.2 Å². The number of nitrogens with one attached hydrogen (secondary N) is 1. The highest BCUT2D eigenvalue weighted by atomic mass is 32.2. The maximum Gasteiger partial charge on any atom is 0.212 e. The van der Waals surface area contributed by atoms with Crippen molar-refractivity contribution in [3.05, 3.63) is 29.8 Å². The van der Waals surface area contributed by atoms with Crippen molar-refractivity contribution in [1.82, 2.24) is 4.72 Å². The highest BCUT2D eigenvalue weighted by Crippen LogP contribution is 2.29. The summed E-state index contributed by atoms with van der Waals surface area (Å²) in [6, 6.07) is 7.22. The summed E-state index contributed by atoms with van der Waals surface area (Å²) >= 11 is 0. The molecule has 3 N–H and O–H groups in total. The Bertz CT molecular complexity index is 578. The van der Waals surface area contributed by atoms with Gasteiger partial charge in [-0.25, -0.2) is 13.1 Å². The van der Waals surface area contributed by atoms with E-state index in [-0.39, 0.29) is 17.7 Å². The molecular formula is C17H28N2O2S. The van der Waals surface area contributed by atoms with Crippen LogP contribution in [0.1, 0.15) is 57.6 Å². The Labute approximate surface area is 134 Å². The Morgan fingerprint density at radius 1 is 1.18 bits per heavy atom. The van der Waals surface area contributed by atoms with E-state index in [1.165, 1.54) is 6.42 Å².